The Morgan fingerprint density at radius 2 is 1.92 bits per heavy atom. The Balaban J connectivity index is 0.00000625. The number of halogens is 1. The Morgan fingerprint density at radius 1 is 1.19 bits per heavy atom. The Morgan fingerprint density at radius 3 is 2.54 bits per heavy atom. The summed E-state index contributed by atoms with van der Waals surface area (Å²) in [7, 11) is 5.84. The molecule has 0 saturated carbocycles. The van der Waals surface area contributed by atoms with Gasteiger partial charge in [0, 0.05) is 31.9 Å². The number of hydrogen-bond acceptors (Lipinski definition) is 4. The first-order valence-corrected chi connectivity index (χ1v) is 9.03. The van der Waals surface area contributed by atoms with Crippen LogP contribution in [0.5, 0.6) is 5.75 Å². The number of likely N-dealkylation sites (N-methyl/N-ethyl adjacent to an activating group) is 1. The predicted octanol–water partition coefficient (Wildman–Crippen LogP) is 2.90. The van der Waals surface area contributed by atoms with Gasteiger partial charge >= 0.3 is 0 Å². The van der Waals surface area contributed by atoms with E-state index < -0.39 is 0 Å². The number of aliphatic imine (C=N–C) groups is 1. The van der Waals surface area contributed by atoms with Crippen molar-refractivity contribution in [3.05, 3.63) is 29.8 Å². The third-order valence-corrected chi connectivity index (χ3v) is 3.85. The topological polar surface area (TPSA) is 58.1 Å². The number of nitrogens with one attached hydrogen (secondary N) is 2. The van der Waals surface area contributed by atoms with Gasteiger partial charge in [0.05, 0.1) is 19.7 Å². The van der Waals surface area contributed by atoms with Crippen LogP contribution in [0.3, 0.4) is 0 Å². The molecule has 150 valence electrons. The van der Waals surface area contributed by atoms with Crippen LogP contribution in [-0.4, -0.2) is 64.9 Å². The Hall–Kier alpha value is -1.06. The molecule has 0 spiro atoms. The van der Waals surface area contributed by atoms with Gasteiger partial charge in [0.15, 0.2) is 5.96 Å². The van der Waals surface area contributed by atoms with Crippen LogP contribution in [0, 0.1) is 0 Å². The minimum Gasteiger partial charge on any atom is -0.496 e. The fourth-order valence-electron chi connectivity index (χ4n) is 2.53. The molecule has 0 radical (unpaired) electrons. The second-order valence-electron chi connectivity index (χ2n) is 5.92. The molecule has 1 aromatic rings. The van der Waals surface area contributed by atoms with Crippen molar-refractivity contribution in [1.29, 1.82) is 0 Å². The number of guanidine groups is 1. The lowest BCUT2D eigenvalue weighted by Gasteiger charge is -2.25. The molecule has 0 aliphatic rings. The number of para-hydroxylation sites is 1. The molecule has 2 N–H and O–H groups in total. The summed E-state index contributed by atoms with van der Waals surface area (Å²) in [6.45, 7) is 7.93. The van der Waals surface area contributed by atoms with Crippen LogP contribution in [0.4, 0.5) is 0 Å². The van der Waals surface area contributed by atoms with Crippen LogP contribution >= 0.6 is 24.0 Å². The Bertz CT molecular complexity index is 512. The maximum Gasteiger partial charge on any atom is 0.191 e. The van der Waals surface area contributed by atoms with Crippen molar-refractivity contribution in [1.82, 2.24) is 15.5 Å². The van der Waals surface area contributed by atoms with Crippen LogP contribution in [0.2, 0.25) is 0 Å². The highest BCUT2D eigenvalue weighted by Crippen LogP contribution is 2.28. The first-order chi connectivity index (χ1) is 12.1. The highest BCUT2D eigenvalue weighted by atomic mass is 127. The van der Waals surface area contributed by atoms with Crippen molar-refractivity contribution in [3.63, 3.8) is 0 Å². The van der Waals surface area contributed by atoms with E-state index in [1.165, 1.54) is 0 Å². The monoisotopic (exact) mass is 478 g/mol. The Labute approximate surface area is 175 Å². The summed E-state index contributed by atoms with van der Waals surface area (Å²) in [6, 6.07) is 8.27. The van der Waals surface area contributed by atoms with E-state index in [4.69, 9.17) is 14.5 Å². The van der Waals surface area contributed by atoms with E-state index in [1.54, 1.807) is 7.11 Å². The molecular formula is C19H35IN4O2. The van der Waals surface area contributed by atoms with E-state index in [1.807, 2.05) is 25.1 Å². The first-order valence-electron chi connectivity index (χ1n) is 9.03. The fraction of sp³-hybridized carbons (Fsp3) is 0.632. The molecule has 1 rings (SSSR count). The van der Waals surface area contributed by atoms with Crippen molar-refractivity contribution in [2.45, 2.75) is 26.3 Å². The molecule has 26 heavy (non-hydrogen) atoms. The smallest absolute Gasteiger partial charge is 0.191 e. The van der Waals surface area contributed by atoms with Gasteiger partial charge in [0.25, 0.3) is 0 Å². The molecule has 1 aromatic carbocycles. The number of hydrogen-bond donors (Lipinski definition) is 2. The van der Waals surface area contributed by atoms with Crippen molar-refractivity contribution in [3.8, 4) is 5.75 Å². The summed E-state index contributed by atoms with van der Waals surface area (Å²) in [5, 5.41) is 6.66. The maximum atomic E-state index is 5.51. The second-order valence-corrected chi connectivity index (χ2v) is 5.92. The maximum absolute atomic E-state index is 5.51. The summed E-state index contributed by atoms with van der Waals surface area (Å²) in [6.07, 6.45) is 0.960. The van der Waals surface area contributed by atoms with Gasteiger partial charge in [0.2, 0.25) is 0 Å². The van der Waals surface area contributed by atoms with E-state index in [0.29, 0.717) is 6.54 Å². The molecule has 0 bridgehead atoms. The zero-order valence-electron chi connectivity index (χ0n) is 16.7. The fourth-order valence-corrected chi connectivity index (χ4v) is 2.53. The van der Waals surface area contributed by atoms with Gasteiger partial charge in [-0.1, -0.05) is 18.2 Å². The molecule has 0 heterocycles. The number of nitrogens with zero attached hydrogens (tertiary/aromatic N) is 2. The normalized spacial score (nSPS) is 12.5. The zero-order chi connectivity index (χ0) is 18.5. The zero-order valence-corrected chi connectivity index (χ0v) is 19.1. The quantitative estimate of drug-likeness (QED) is 0.222. The summed E-state index contributed by atoms with van der Waals surface area (Å²) in [5.41, 5.74) is 1.14. The van der Waals surface area contributed by atoms with Crippen molar-refractivity contribution in [2.24, 2.45) is 4.99 Å². The van der Waals surface area contributed by atoms with Crippen LogP contribution in [0.1, 0.15) is 31.9 Å². The van der Waals surface area contributed by atoms with Crippen LogP contribution in [-0.2, 0) is 4.74 Å². The number of methoxy groups -OCH3 is 1. The minimum atomic E-state index is 0. The summed E-state index contributed by atoms with van der Waals surface area (Å²) < 4.78 is 10.9. The van der Waals surface area contributed by atoms with Crippen molar-refractivity contribution >= 4 is 29.9 Å². The van der Waals surface area contributed by atoms with Gasteiger partial charge in [-0.25, -0.2) is 0 Å². The van der Waals surface area contributed by atoms with Gasteiger partial charge in [-0.3, -0.25) is 4.99 Å². The molecule has 0 aromatic heterocycles. The summed E-state index contributed by atoms with van der Waals surface area (Å²) >= 11 is 0. The van der Waals surface area contributed by atoms with E-state index in [-0.39, 0.29) is 30.0 Å². The number of benzene rings is 1. The van der Waals surface area contributed by atoms with E-state index in [9.17, 15) is 0 Å². The van der Waals surface area contributed by atoms with Gasteiger partial charge in [-0.15, -0.1) is 24.0 Å². The van der Waals surface area contributed by atoms with Crippen LogP contribution < -0.4 is 15.4 Å². The van der Waals surface area contributed by atoms with Crippen LogP contribution in [0.15, 0.2) is 29.3 Å². The molecule has 0 amide bonds. The lowest BCUT2D eigenvalue weighted by Crippen LogP contribution is -2.38. The van der Waals surface area contributed by atoms with E-state index in [0.717, 1.165) is 50.0 Å². The number of rotatable bonds is 11. The van der Waals surface area contributed by atoms with Gasteiger partial charge in [-0.05, 0) is 40.4 Å². The molecule has 0 aliphatic heterocycles. The Kier molecular flexibility index (Phi) is 14.4. The van der Waals surface area contributed by atoms with Gasteiger partial charge in [0.1, 0.15) is 5.75 Å². The largest absolute Gasteiger partial charge is 0.496 e. The molecule has 0 saturated heterocycles. The molecule has 1 unspecified atom stereocenters. The lowest BCUT2D eigenvalue weighted by atomic mass is 10.0. The van der Waals surface area contributed by atoms with Crippen molar-refractivity contribution < 1.29 is 9.47 Å². The molecule has 1 atom stereocenters. The minimum absolute atomic E-state index is 0. The highest BCUT2D eigenvalue weighted by molar-refractivity contribution is 14.0. The second kappa shape index (κ2) is 15.0. The molecule has 0 fully saturated rings. The van der Waals surface area contributed by atoms with E-state index >= 15 is 0 Å². The molecular weight excluding hydrogens is 443 g/mol. The third-order valence-electron chi connectivity index (χ3n) is 3.85. The van der Waals surface area contributed by atoms with Gasteiger partial charge < -0.3 is 25.0 Å². The lowest BCUT2D eigenvalue weighted by molar-refractivity contribution is 0.145. The first kappa shape index (κ1) is 24.9. The standard InChI is InChI=1S/C19H34N4O2.HI/c1-6-20-19(21-13-10-14-25-7-2)22-15-17(23(3)4)16-11-8-9-12-18(16)24-5;/h8-9,11-12,17H,6-7,10,13-15H2,1-5H3,(H2,20,21,22);1H. The average molecular weight is 478 g/mol. The number of ether oxygens (including phenoxy) is 2. The molecule has 7 heteroatoms. The molecule has 0 aliphatic carbocycles. The van der Waals surface area contributed by atoms with Crippen LogP contribution in [0.25, 0.3) is 0 Å². The SMILES string of the molecule is CCNC(=NCC(c1ccccc1OC)N(C)C)NCCCOCC.I. The predicted molar refractivity (Wildman–Crippen MR) is 120 cm³/mol. The summed E-state index contributed by atoms with van der Waals surface area (Å²) in [4.78, 5) is 6.93. The van der Waals surface area contributed by atoms with E-state index in [2.05, 4.69) is 42.6 Å². The average Bonchev–Trinajstić information content (AvgIpc) is 2.61. The third kappa shape index (κ3) is 9.05. The highest BCUT2D eigenvalue weighted by Gasteiger charge is 2.18. The van der Waals surface area contributed by atoms with Crippen molar-refractivity contribution in [2.75, 3.05) is 54.1 Å². The molecule has 6 nitrogen and oxygen atoms in total. The summed E-state index contributed by atoms with van der Waals surface area (Å²) in [5.74, 6) is 1.73. The van der Waals surface area contributed by atoms with Gasteiger partial charge in [-0.2, -0.15) is 0 Å².